The Bertz CT molecular complexity index is 295. The van der Waals surface area contributed by atoms with Crippen LogP contribution in [-0.4, -0.2) is 23.8 Å². The molecule has 0 aliphatic rings. The summed E-state index contributed by atoms with van der Waals surface area (Å²) < 4.78 is 0. The van der Waals surface area contributed by atoms with E-state index in [0.29, 0.717) is 12.3 Å². The van der Waals surface area contributed by atoms with E-state index < -0.39 is 0 Å². The van der Waals surface area contributed by atoms with Crippen molar-refractivity contribution in [3.63, 3.8) is 0 Å². The molecule has 0 heterocycles. The molecule has 2 nitrogen and oxygen atoms in total. The molecular weight excluding hydrogens is 194 g/mol. The Morgan fingerprint density at radius 2 is 2.00 bits per heavy atom. The Morgan fingerprint density at radius 1 is 1.36 bits per heavy atom. The molecule has 0 aliphatic heterocycles. The molecule has 1 rings (SSSR count). The molecular formula is C11H15NOS. The van der Waals surface area contributed by atoms with Gasteiger partial charge in [0.25, 0.3) is 0 Å². The van der Waals surface area contributed by atoms with E-state index in [9.17, 15) is 4.79 Å². The van der Waals surface area contributed by atoms with Crippen LogP contribution in [0.25, 0.3) is 0 Å². The number of benzene rings is 1. The van der Waals surface area contributed by atoms with Gasteiger partial charge in [-0.25, -0.2) is 0 Å². The Hall–Kier alpha value is -0.800. The van der Waals surface area contributed by atoms with Crippen LogP contribution in [0, 0.1) is 6.92 Å². The molecule has 0 spiro atoms. The number of carbonyl (C=O) groups excluding carboxylic acids is 1. The van der Waals surface area contributed by atoms with Crippen molar-refractivity contribution in [3.05, 3.63) is 35.4 Å². The highest BCUT2D eigenvalue weighted by atomic mass is 32.2. The molecule has 14 heavy (non-hydrogen) atoms. The summed E-state index contributed by atoms with van der Waals surface area (Å²) in [5, 5.41) is 0. The fraction of sp³-hybridized carbons (Fsp3) is 0.364. The summed E-state index contributed by atoms with van der Waals surface area (Å²) in [6.07, 6.45) is 0. The van der Waals surface area contributed by atoms with Gasteiger partial charge in [-0.3, -0.25) is 4.79 Å². The van der Waals surface area contributed by atoms with Crippen LogP contribution in [0.15, 0.2) is 24.3 Å². The maximum Gasteiger partial charge on any atom is 0.172 e. The van der Waals surface area contributed by atoms with E-state index in [0.717, 1.165) is 11.3 Å². The normalized spacial score (nSPS) is 10.1. The van der Waals surface area contributed by atoms with Gasteiger partial charge in [0.05, 0.1) is 5.75 Å². The highest BCUT2D eigenvalue weighted by Gasteiger charge is 2.04. The summed E-state index contributed by atoms with van der Waals surface area (Å²) in [5.41, 5.74) is 7.31. The monoisotopic (exact) mass is 209 g/mol. The van der Waals surface area contributed by atoms with Crippen LogP contribution in [0.4, 0.5) is 0 Å². The van der Waals surface area contributed by atoms with Crippen molar-refractivity contribution in [2.45, 2.75) is 6.92 Å². The molecule has 2 N–H and O–H groups in total. The number of hydrogen-bond acceptors (Lipinski definition) is 3. The first-order valence-corrected chi connectivity index (χ1v) is 5.77. The van der Waals surface area contributed by atoms with Gasteiger partial charge in [0.15, 0.2) is 5.78 Å². The highest BCUT2D eigenvalue weighted by molar-refractivity contribution is 8.00. The molecule has 0 saturated carbocycles. The molecule has 0 amide bonds. The van der Waals surface area contributed by atoms with Crippen LogP contribution in [0.1, 0.15) is 15.9 Å². The van der Waals surface area contributed by atoms with Gasteiger partial charge in [-0.15, -0.1) is 0 Å². The zero-order valence-corrected chi connectivity index (χ0v) is 9.14. The number of rotatable bonds is 5. The molecule has 0 aliphatic carbocycles. The van der Waals surface area contributed by atoms with Crippen LogP contribution in [0.3, 0.4) is 0 Å². The van der Waals surface area contributed by atoms with Gasteiger partial charge in [-0.05, 0) is 6.92 Å². The zero-order chi connectivity index (χ0) is 10.4. The summed E-state index contributed by atoms with van der Waals surface area (Å²) >= 11 is 1.59. The topological polar surface area (TPSA) is 43.1 Å². The molecule has 1 aromatic rings. The van der Waals surface area contributed by atoms with E-state index in [2.05, 4.69) is 0 Å². The van der Waals surface area contributed by atoms with Crippen LogP contribution in [-0.2, 0) is 0 Å². The van der Waals surface area contributed by atoms with Gasteiger partial charge in [0.1, 0.15) is 0 Å². The number of thioether (sulfide) groups is 1. The largest absolute Gasteiger partial charge is 0.330 e. The van der Waals surface area contributed by atoms with Crippen molar-refractivity contribution < 1.29 is 4.79 Å². The Balaban J connectivity index is 2.48. The average Bonchev–Trinajstić information content (AvgIpc) is 2.19. The molecule has 0 unspecified atom stereocenters. The fourth-order valence-electron chi connectivity index (χ4n) is 1.07. The first kappa shape index (κ1) is 11.3. The van der Waals surface area contributed by atoms with Crippen LogP contribution >= 0.6 is 11.8 Å². The number of ketones is 1. The standard InChI is InChI=1S/C11H15NOS/c1-9-2-4-10(5-3-9)11(13)8-14-7-6-12/h2-5H,6-8,12H2,1H3. The van der Waals surface area contributed by atoms with Crippen molar-refractivity contribution in [2.75, 3.05) is 18.1 Å². The molecule has 3 heteroatoms. The Kier molecular flexibility index (Phi) is 4.70. The second-order valence-corrected chi connectivity index (χ2v) is 4.24. The van der Waals surface area contributed by atoms with Crippen LogP contribution < -0.4 is 5.73 Å². The van der Waals surface area contributed by atoms with Gasteiger partial charge in [0.2, 0.25) is 0 Å². The van der Waals surface area contributed by atoms with E-state index >= 15 is 0 Å². The zero-order valence-electron chi connectivity index (χ0n) is 8.32. The summed E-state index contributed by atoms with van der Waals surface area (Å²) in [6.45, 7) is 2.64. The van der Waals surface area contributed by atoms with E-state index in [1.165, 1.54) is 5.56 Å². The lowest BCUT2D eigenvalue weighted by Crippen LogP contribution is -2.07. The summed E-state index contributed by atoms with van der Waals surface area (Å²) in [6, 6.07) is 7.67. The molecule has 0 aromatic heterocycles. The second kappa shape index (κ2) is 5.83. The second-order valence-electron chi connectivity index (χ2n) is 3.13. The van der Waals surface area contributed by atoms with Crippen LogP contribution in [0.5, 0.6) is 0 Å². The number of hydrogen-bond donors (Lipinski definition) is 1. The smallest absolute Gasteiger partial charge is 0.172 e. The molecule has 0 bridgehead atoms. The van der Waals surface area contributed by atoms with Gasteiger partial charge in [0, 0.05) is 17.9 Å². The van der Waals surface area contributed by atoms with Gasteiger partial charge in [-0.1, -0.05) is 29.8 Å². The Morgan fingerprint density at radius 3 is 2.57 bits per heavy atom. The third-order valence-corrected chi connectivity index (χ3v) is 2.86. The third kappa shape index (κ3) is 3.52. The first-order chi connectivity index (χ1) is 6.74. The molecule has 0 fully saturated rings. The van der Waals surface area contributed by atoms with E-state index in [-0.39, 0.29) is 5.78 Å². The summed E-state index contributed by atoms with van der Waals surface area (Å²) in [4.78, 5) is 11.6. The van der Waals surface area contributed by atoms with E-state index in [4.69, 9.17) is 5.73 Å². The lowest BCUT2D eigenvalue weighted by Gasteiger charge is -2.00. The number of nitrogens with two attached hydrogens (primary N) is 1. The predicted molar refractivity (Wildman–Crippen MR) is 61.9 cm³/mol. The molecule has 0 radical (unpaired) electrons. The number of carbonyl (C=O) groups is 1. The Labute approximate surface area is 88.9 Å². The van der Waals surface area contributed by atoms with Crippen LogP contribution in [0.2, 0.25) is 0 Å². The van der Waals surface area contributed by atoms with Gasteiger partial charge >= 0.3 is 0 Å². The van der Waals surface area contributed by atoms with Gasteiger partial charge < -0.3 is 5.73 Å². The highest BCUT2D eigenvalue weighted by Crippen LogP contribution is 2.08. The average molecular weight is 209 g/mol. The number of Topliss-reactive ketones (excluding diaryl/α,β-unsaturated/α-hetero) is 1. The number of aryl methyl sites for hydroxylation is 1. The van der Waals surface area contributed by atoms with Crippen molar-refractivity contribution in [3.8, 4) is 0 Å². The van der Waals surface area contributed by atoms with E-state index in [1.54, 1.807) is 11.8 Å². The predicted octanol–water partition coefficient (Wildman–Crippen LogP) is 1.87. The fourth-order valence-corrected chi connectivity index (χ4v) is 1.73. The molecule has 1 aromatic carbocycles. The van der Waals surface area contributed by atoms with Crippen molar-refractivity contribution in [1.82, 2.24) is 0 Å². The third-order valence-electron chi connectivity index (χ3n) is 1.87. The lowest BCUT2D eigenvalue weighted by molar-refractivity contribution is 0.102. The minimum absolute atomic E-state index is 0.184. The summed E-state index contributed by atoms with van der Waals surface area (Å²) in [7, 11) is 0. The SMILES string of the molecule is Cc1ccc(C(=O)CSCCN)cc1. The van der Waals surface area contributed by atoms with Crippen molar-refractivity contribution in [1.29, 1.82) is 0 Å². The molecule has 0 atom stereocenters. The lowest BCUT2D eigenvalue weighted by atomic mass is 10.1. The van der Waals surface area contributed by atoms with E-state index in [1.807, 2.05) is 31.2 Å². The maximum absolute atomic E-state index is 11.6. The van der Waals surface area contributed by atoms with Gasteiger partial charge in [-0.2, -0.15) is 11.8 Å². The van der Waals surface area contributed by atoms with Crippen molar-refractivity contribution >= 4 is 17.5 Å². The quantitative estimate of drug-likeness (QED) is 0.594. The molecule has 0 saturated heterocycles. The maximum atomic E-state index is 11.6. The minimum atomic E-state index is 0.184. The minimum Gasteiger partial charge on any atom is -0.330 e. The molecule has 76 valence electrons. The summed E-state index contributed by atoms with van der Waals surface area (Å²) in [5.74, 6) is 1.56. The van der Waals surface area contributed by atoms with Crippen molar-refractivity contribution in [2.24, 2.45) is 5.73 Å². The first-order valence-electron chi connectivity index (χ1n) is 4.61.